The molecule has 1 aliphatic heterocycles. The third-order valence-electron chi connectivity index (χ3n) is 3.48. The third kappa shape index (κ3) is 3.32. The van der Waals surface area contributed by atoms with Crippen molar-refractivity contribution in [2.75, 3.05) is 12.1 Å². The molecule has 1 aliphatic rings. The Bertz CT molecular complexity index is 625. The minimum atomic E-state index is 0.295. The molecule has 110 valence electrons. The molecule has 0 saturated heterocycles. The number of hydrogen-bond acceptors (Lipinski definition) is 3. The molecular formula is C17H18BrNO2. The van der Waals surface area contributed by atoms with Crippen molar-refractivity contribution < 1.29 is 9.47 Å². The molecule has 0 fully saturated rings. The van der Waals surface area contributed by atoms with Crippen LogP contribution in [0.3, 0.4) is 0 Å². The predicted octanol–water partition coefficient (Wildman–Crippen LogP) is 4.74. The van der Waals surface area contributed by atoms with E-state index in [0.29, 0.717) is 6.79 Å². The Labute approximate surface area is 133 Å². The number of fused-ring (bicyclic) bond motifs is 1. The van der Waals surface area contributed by atoms with Crippen molar-refractivity contribution in [3.8, 4) is 11.5 Å². The Morgan fingerprint density at radius 1 is 1.10 bits per heavy atom. The van der Waals surface area contributed by atoms with Crippen LogP contribution in [0.1, 0.15) is 24.5 Å². The van der Waals surface area contributed by atoms with Gasteiger partial charge in [-0.15, -0.1) is 0 Å². The molecule has 0 amide bonds. The number of hydrogen-bond donors (Lipinski definition) is 1. The van der Waals surface area contributed by atoms with Crippen LogP contribution in [0.2, 0.25) is 0 Å². The minimum absolute atomic E-state index is 0.295. The van der Waals surface area contributed by atoms with Gasteiger partial charge in [-0.1, -0.05) is 25.5 Å². The van der Waals surface area contributed by atoms with Gasteiger partial charge >= 0.3 is 0 Å². The van der Waals surface area contributed by atoms with E-state index in [9.17, 15) is 0 Å². The molecule has 0 aromatic heterocycles. The lowest BCUT2D eigenvalue weighted by atomic mass is 10.1. The fourth-order valence-electron chi connectivity index (χ4n) is 2.40. The van der Waals surface area contributed by atoms with Crippen LogP contribution in [0.4, 0.5) is 5.69 Å². The van der Waals surface area contributed by atoms with Crippen LogP contribution in [0.25, 0.3) is 0 Å². The molecule has 0 spiro atoms. The van der Waals surface area contributed by atoms with Gasteiger partial charge in [-0.05, 0) is 57.7 Å². The van der Waals surface area contributed by atoms with Crippen molar-refractivity contribution in [2.45, 2.75) is 26.3 Å². The Morgan fingerprint density at radius 2 is 1.90 bits per heavy atom. The van der Waals surface area contributed by atoms with Gasteiger partial charge in [0.15, 0.2) is 11.5 Å². The monoisotopic (exact) mass is 347 g/mol. The maximum atomic E-state index is 5.43. The smallest absolute Gasteiger partial charge is 0.231 e. The van der Waals surface area contributed by atoms with Gasteiger partial charge in [0.05, 0.1) is 4.47 Å². The summed E-state index contributed by atoms with van der Waals surface area (Å²) in [5.74, 6) is 1.60. The zero-order valence-electron chi connectivity index (χ0n) is 12.0. The van der Waals surface area contributed by atoms with Gasteiger partial charge < -0.3 is 14.8 Å². The van der Waals surface area contributed by atoms with E-state index in [-0.39, 0.29) is 0 Å². The van der Waals surface area contributed by atoms with Crippen molar-refractivity contribution >= 4 is 21.6 Å². The highest BCUT2D eigenvalue weighted by Crippen LogP contribution is 2.40. The molecule has 0 saturated carbocycles. The van der Waals surface area contributed by atoms with E-state index in [0.717, 1.165) is 40.2 Å². The highest BCUT2D eigenvalue weighted by atomic mass is 79.9. The van der Waals surface area contributed by atoms with Crippen LogP contribution in [-0.4, -0.2) is 6.79 Å². The van der Waals surface area contributed by atoms with Crippen LogP contribution in [-0.2, 0) is 13.0 Å². The van der Waals surface area contributed by atoms with Gasteiger partial charge in [-0.3, -0.25) is 0 Å². The van der Waals surface area contributed by atoms with Gasteiger partial charge in [0, 0.05) is 12.2 Å². The first-order valence-electron chi connectivity index (χ1n) is 7.17. The average molecular weight is 348 g/mol. The zero-order chi connectivity index (χ0) is 14.7. The lowest BCUT2D eigenvalue weighted by Crippen LogP contribution is -1.99. The molecule has 4 heteroatoms. The second kappa shape index (κ2) is 6.39. The maximum absolute atomic E-state index is 5.43. The van der Waals surface area contributed by atoms with E-state index in [1.54, 1.807) is 0 Å². The molecular weight excluding hydrogens is 330 g/mol. The number of rotatable bonds is 5. The quantitative estimate of drug-likeness (QED) is 0.846. The number of nitrogens with one attached hydrogen (secondary N) is 1. The summed E-state index contributed by atoms with van der Waals surface area (Å²) in [4.78, 5) is 0. The lowest BCUT2D eigenvalue weighted by molar-refractivity contribution is 0.173. The highest BCUT2D eigenvalue weighted by molar-refractivity contribution is 9.10. The average Bonchev–Trinajstić information content (AvgIpc) is 2.96. The van der Waals surface area contributed by atoms with Crippen LogP contribution in [0.15, 0.2) is 40.9 Å². The standard InChI is InChI=1S/C17H18BrNO2/c1-2-3-12-4-6-14(7-5-12)19-10-13-8-15(18)17-16(9-13)20-11-21-17/h4-9,19H,2-3,10-11H2,1H3. The number of halogens is 1. The van der Waals surface area contributed by atoms with Crippen molar-refractivity contribution in [1.82, 2.24) is 0 Å². The molecule has 2 aromatic carbocycles. The largest absolute Gasteiger partial charge is 0.454 e. The fourth-order valence-corrected chi connectivity index (χ4v) is 3.01. The molecule has 0 aliphatic carbocycles. The van der Waals surface area contributed by atoms with Gasteiger partial charge in [0.25, 0.3) is 0 Å². The summed E-state index contributed by atoms with van der Waals surface area (Å²) >= 11 is 3.52. The van der Waals surface area contributed by atoms with E-state index >= 15 is 0 Å². The number of aryl methyl sites for hydroxylation is 1. The van der Waals surface area contributed by atoms with Crippen LogP contribution < -0.4 is 14.8 Å². The second-order valence-electron chi connectivity index (χ2n) is 5.11. The SMILES string of the molecule is CCCc1ccc(NCc2cc(Br)c3c(c2)OCO3)cc1. The molecule has 0 unspecified atom stereocenters. The van der Waals surface area contributed by atoms with E-state index in [4.69, 9.17) is 9.47 Å². The molecule has 2 aromatic rings. The maximum Gasteiger partial charge on any atom is 0.231 e. The normalized spacial score (nSPS) is 12.5. The topological polar surface area (TPSA) is 30.5 Å². The Kier molecular flexibility index (Phi) is 4.34. The molecule has 3 rings (SSSR count). The summed E-state index contributed by atoms with van der Waals surface area (Å²) in [5, 5.41) is 3.43. The fraction of sp³-hybridized carbons (Fsp3) is 0.294. The van der Waals surface area contributed by atoms with Crippen molar-refractivity contribution in [3.05, 3.63) is 52.0 Å². The second-order valence-corrected chi connectivity index (χ2v) is 5.97. The Balaban J connectivity index is 1.66. The van der Waals surface area contributed by atoms with E-state index in [1.165, 1.54) is 12.0 Å². The first-order valence-corrected chi connectivity index (χ1v) is 7.96. The first kappa shape index (κ1) is 14.3. The summed E-state index contributed by atoms with van der Waals surface area (Å²) in [6.07, 6.45) is 2.31. The Hall–Kier alpha value is -1.68. The molecule has 0 radical (unpaired) electrons. The minimum Gasteiger partial charge on any atom is -0.454 e. The predicted molar refractivity (Wildman–Crippen MR) is 88.0 cm³/mol. The van der Waals surface area contributed by atoms with Crippen LogP contribution >= 0.6 is 15.9 Å². The summed E-state index contributed by atoms with van der Waals surface area (Å²) in [7, 11) is 0. The summed E-state index contributed by atoms with van der Waals surface area (Å²) in [6.45, 7) is 3.25. The van der Waals surface area contributed by atoms with Gasteiger partial charge in [-0.2, -0.15) is 0 Å². The molecule has 21 heavy (non-hydrogen) atoms. The molecule has 0 bridgehead atoms. The van der Waals surface area contributed by atoms with Gasteiger partial charge in [0.2, 0.25) is 6.79 Å². The molecule has 1 N–H and O–H groups in total. The number of ether oxygens (including phenoxy) is 2. The number of benzene rings is 2. The molecule has 1 heterocycles. The number of anilines is 1. The van der Waals surface area contributed by atoms with Crippen LogP contribution in [0, 0.1) is 0 Å². The first-order chi connectivity index (χ1) is 10.3. The molecule has 3 nitrogen and oxygen atoms in total. The Morgan fingerprint density at radius 3 is 2.67 bits per heavy atom. The van der Waals surface area contributed by atoms with E-state index in [1.807, 2.05) is 6.07 Å². The van der Waals surface area contributed by atoms with Crippen LogP contribution in [0.5, 0.6) is 11.5 Å². The van der Waals surface area contributed by atoms with E-state index < -0.39 is 0 Å². The molecule has 0 atom stereocenters. The summed E-state index contributed by atoms with van der Waals surface area (Å²) in [5.41, 5.74) is 3.67. The van der Waals surface area contributed by atoms with Gasteiger partial charge in [0.1, 0.15) is 0 Å². The summed E-state index contributed by atoms with van der Waals surface area (Å²) < 4.78 is 11.8. The zero-order valence-corrected chi connectivity index (χ0v) is 13.6. The lowest BCUT2D eigenvalue weighted by Gasteiger charge is -2.09. The summed E-state index contributed by atoms with van der Waals surface area (Å²) in [6, 6.07) is 12.7. The van der Waals surface area contributed by atoms with Crippen molar-refractivity contribution in [3.63, 3.8) is 0 Å². The van der Waals surface area contributed by atoms with Crippen molar-refractivity contribution in [2.24, 2.45) is 0 Å². The van der Waals surface area contributed by atoms with E-state index in [2.05, 4.69) is 58.5 Å². The van der Waals surface area contributed by atoms with Crippen molar-refractivity contribution in [1.29, 1.82) is 0 Å². The third-order valence-corrected chi connectivity index (χ3v) is 4.07. The highest BCUT2D eigenvalue weighted by Gasteiger charge is 2.17. The van der Waals surface area contributed by atoms with Gasteiger partial charge in [-0.25, -0.2) is 0 Å².